The monoisotopic (exact) mass is 531 g/mol. The molecule has 8 nitrogen and oxygen atoms in total. The number of nitrogens with one attached hydrogen (secondary N) is 1. The first-order valence-electron chi connectivity index (χ1n) is 12.8. The van der Waals surface area contributed by atoms with Crippen LogP contribution in [-0.4, -0.2) is 57.1 Å². The van der Waals surface area contributed by atoms with Crippen molar-refractivity contribution in [3.8, 4) is 5.75 Å². The van der Waals surface area contributed by atoms with E-state index < -0.39 is 16.1 Å². The van der Waals surface area contributed by atoms with Gasteiger partial charge in [0, 0.05) is 25.6 Å². The van der Waals surface area contributed by atoms with Crippen LogP contribution in [0, 0.1) is 6.92 Å². The van der Waals surface area contributed by atoms with Crippen LogP contribution >= 0.6 is 0 Å². The van der Waals surface area contributed by atoms with Crippen LogP contribution in [-0.2, 0) is 26.2 Å². The second-order valence-electron chi connectivity index (χ2n) is 9.36. The van der Waals surface area contributed by atoms with E-state index in [1.54, 1.807) is 29.2 Å². The fourth-order valence-corrected chi connectivity index (χ4v) is 5.15. The molecular formula is C28H41N3O5S. The standard InChI is InChI=1S/C28H41N3O5S/c1-7-22(4)29-28(33)24(8-2)30(20-23-14-11-13-21(3)19-23)27(32)17-12-18-31(37(6,34)35)25-15-9-10-16-26(25)36-5/h9-11,13-16,19,22,24H,7-8,12,17-18,20H2,1-6H3,(H,29,33)/t22-,24-/m0/s1. The van der Waals surface area contributed by atoms with Crippen molar-refractivity contribution >= 4 is 27.5 Å². The van der Waals surface area contributed by atoms with Gasteiger partial charge in [0.15, 0.2) is 0 Å². The maximum atomic E-state index is 13.5. The van der Waals surface area contributed by atoms with Crippen molar-refractivity contribution in [2.75, 3.05) is 24.2 Å². The molecule has 0 aliphatic carbocycles. The highest BCUT2D eigenvalue weighted by atomic mass is 32.2. The van der Waals surface area contributed by atoms with Crippen molar-refractivity contribution in [2.24, 2.45) is 0 Å². The minimum Gasteiger partial charge on any atom is -0.495 e. The Hall–Kier alpha value is -3.07. The summed E-state index contributed by atoms with van der Waals surface area (Å²) in [6, 6.07) is 14.1. The molecule has 37 heavy (non-hydrogen) atoms. The molecule has 2 amide bonds. The van der Waals surface area contributed by atoms with Gasteiger partial charge >= 0.3 is 0 Å². The van der Waals surface area contributed by atoms with E-state index in [0.29, 0.717) is 24.4 Å². The predicted molar refractivity (Wildman–Crippen MR) is 148 cm³/mol. The van der Waals surface area contributed by atoms with E-state index in [2.05, 4.69) is 5.32 Å². The maximum absolute atomic E-state index is 13.5. The van der Waals surface area contributed by atoms with Crippen LogP contribution in [0.5, 0.6) is 5.75 Å². The van der Waals surface area contributed by atoms with Crippen molar-refractivity contribution in [2.45, 2.75) is 72.0 Å². The molecule has 0 saturated carbocycles. The van der Waals surface area contributed by atoms with Crippen molar-refractivity contribution < 1.29 is 22.7 Å². The van der Waals surface area contributed by atoms with E-state index in [9.17, 15) is 18.0 Å². The number of rotatable bonds is 14. The second kappa shape index (κ2) is 14.0. The Morgan fingerprint density at radius 3 is 2.35 bits per heavy atom. The van der Waals surface area contributed by atoms with Gasteiger partial charge in [-0.2, -0.15) is 0 Å². The van der Waals surface area contributed by atoms with Crippen LogP contribution in [0.1, 0.15) is 57.6 Å². The number of nitrogens with zero attached hydrogens (tertiary/aromatic N) is 2. The van der Waals surface area contributed by atoms with E-state index in [1.165, 1.54) is 11.4 Å². The lowest BCUT2D eigenvalue weighted by Crippen LogP contribution is -2.50. The topological polar surface area (TPSA) is 96.0 Å². The number of ether oxygens (including phenoxy) is 1. The molecular weight excluding hydrogens is 490 g/mol. The average molecular weight is 532 g/mol. The number of amides is 2. The molecule has 0 aliphatic rings. The summed E-state index contributed by atoms with van der Waals surface area (Å²) in [4.78, 5) is 28.3. The molecule has 0 spiro atoms. The minimum atomic E-state index is -3.61. The molecule has 2 rings (SSSR count). The summed E-state index contributed by atoms with van der Waals surface area (Å²) in [5, 5.41) is 3.01. The van der Waals surface area contributed by atoms with E-state index in [0.717, 1.165) is 23.8 Å². The first kappa shape index (κ1) is 30.2. The van der Waals surface area contributed by atoms with E-state index in [1.807, 2.05) is 52.0 Å². The molecule has 0 aromatic heterocycles. The van der Waals surface area contributed by atoms with Crippen molar-refractivity contribution in [1.82, 2.24) is 10.2 Å². The number of hydrogen-bond acceptors (Lipinski definition) is 5. The molecule has 204 valence electrons. The number of aryl methyl sites for hydroxylation is 1. The number of sulfonamides is 1. The summed E-state index contributed by atoms with van der Waals surface area (Å²) in [5.41, 5.74) is 2.44. The fraction of sp³-hybridized carbons (Fsp3) is 0.500. The molecule has 0 aliphatic heterocycles. The summed E-state index contributed by atoms with van der Waals surface area (Å²) in [6.07, 6.45) is 2.78. The quantitative estimate of drug-likeness (QED) is 0.393. The third-order valence-corrected chi connectivity index (χ3v) is 7.51. The van der Waals surface area contributed by atoms with Gasteiger partial charge in [0.1, 0.15) is 11.8 Å². The first-order chi connectivity index (χ1) is 17.5. The van der Waals surface area contributed by atoms with E-state index in [4.69, 9.17) is 4.74 Å². The highest BCUT2D eigenvalue weighted by Gasteiger charge is 2.29. The smallest absolute Gasteiger partial charge is 0.243 e. The van der Waals surface area contributed by atoms with Gasteiger partial charge in [0.2, 0.25) is 21.8 Å². The summed E-state index contributed by atoms with van der Waals surface area (Å²) in [5.74, 6) is 0.0684. The van der Waals surface area contributed by atoms with E-state index in [-0.39, 0.29) is 37.2 Å². The molecule has 0 fully saturated rings. The van der Waals surface area contributed by atoms with Gasteiger partial charge in [-0.05, 0) is 50.8 Å². The lowest BCUT2D eigenvalue weighted by Gasteiger charge is -2.32. The van der Waals surface area contributed by atoms with Gasteiger partial charge in [0.05, 0.1) is 19.1 Å². The number of carbonyl (C=O) groups is 2. The SMILES string of the molecule is CC[C@H](C)NC(=O)[C@H](CC)N(Cc1cccc(C)c1)C(=O)CCCN(c1ccccc1OC)S(C)(=O)=O. The normalized spacial score (nSPS) is 12.9. The molecule has 0 radical (unpaired) electrons. The molecule has 2 aromatic carbocycles. The largest absolute Gasteiger partial charge is 0.495 e. The lowest BCUT2D eigenvalue weighted by atomic mass is 10.1. The molecule has 0 bridgehead atoms. The molecule has 0 heterocycles. The number of para-hydroxylation sites is 2. The Bertz CT molecular complexity index is 1150. The number of benzene rings is 2. The molecule has 2 aromatic rings. The number of carbonyl (C=O) groups excluding carboxylic acids is 2. The average Bonchev–Trinajstić information content (AvgIpc) is 2.85. The van der Waals surface area contributed by atoms with Gasteiger partial charge in [-0.1, -0.05) is 55.8 Å². The molecule has 1 N–H and O–H groups in total. The van der Waals surface area contributed by atoms with Crippen LogP contribution in [0.25, 0.3) is 0 Å². The zero-order chi connectivity index (χ0) is 27.6. The number of hydrogen-bond donors (Lipinski definition) is 1. The zero-order valence-corrected chi connectivity index (χ0v) is 23.7. The Labute approximate surface area is 222 Å². The minimum absolute atomic E-state index is 0.00152. The third kappa shape index (κ3) is 8.77. The van der Waals surface area contributed by atoms with Crippen molar-refractivity contribution in [3.05, 3.63) is 59.7 Å². The van der Waals surface area contributed by atoms with Crippen molar-refractivity contribution in [1.29, 1.82) is 0 Å². The van der Waals surface area contributed by atoms with Gasteiger partial charge < -0.3 is 15.0 Å². The fourth-order valence-electron chi connectivity index (χ4n) is 4.19. The van der Waals surface area contributed by atoms with Crippen LogP contribution in [0.2, 0.25) is 0 Å². The highest BCUT2D eigenvalue weighted by Crippen LogP contribution is 2.29. The summed E-state index contributed by atoms with van der Waals surface area (Å²) in [7, 11) is -2.12. The summed E-state index contributed by atoms with van der Waals surface area (Å²) < 4.78 is 31.8. The van der Waals surface area contributed by atoms with Crippen molar-refractivity contribution in [3.63, 3.8) is 0 Å². The number of methoxy groups -OCH3 is 1. The summed E-state index contributed by atoms with van der Waals surface area (Å²) >= 11 is 0. The van der Waals surface area contributed by atoms with Crippen LogP contribution in [0.3, 0.4) is 0 Å². The molecule has 9 heteroatoms. The van der Waals surface area contributed by atoms with Crippen LogP contribution < -0.4 is 14.4 Å². The lowest BCUT2D eigenvalue weighted by molar-refractivity contribution is -0.141. The Kier molecular flexibility index (Phi) is 11.4. The van der Waals surface area contributed by atoms with Gasteiger partial charge in [0.25, 0.3) is 0 Å². The molecule has 0 saturated heterocycles. The third-order valence-electron chi connectivity index (χ3n) is 6.33. The first-order valence-corrected chi connectivity index (χ1v) is 14.6. The highest BCUT2D eigenvalue weighted by molar-refractivity contribution is 7.92. The predicted octanol–water partition coefficient (Wildman–Crippen LogP) is 4.27. The second-order valence-corrected chi connectivity index (χ2v) is 11.3. The molecule has 0 unspecified atom stereocenters. The number of anilines is 1. The Balaban J connectivity index is 2.25. The Morgan fingerprint density at radius 1 is 1.05 bits per heavy atom. The molecule has 2 atom stereocenters. The van der Waals surface area contributed by atoms with Crippen LogP contribution in [0.15, 0.2) is 48.5 Å². The van der Waals surface area contributed by atoms with Gasteiger partial charge in [-0.25, -0.2) is 8.42 Å². The van der Waals surface area contributed by atoms with Gasteiger partial charge in [-0.3, -0.25) is 13.9 Å². The zero-order valence-electron chi connectivity index (χ0n) is 22.9. The Morgan fingerprint density at radius 2 is 1.76 bits per heavy atom. The maximum Gasteiger partial charge on any atom is 0.243 e. The summed E-state index contributed by atoms with van der Waals surface area (Å²) in [6.45, 7) is 8.23. The van der Waals surface area contributed by atoms with Gasteiger partial charge in [-0.15, -0.1) is 0 Å². The van der Waals surface area contributed by atoms with E-state index >= 15 is 0 Å². The van der Waals surface area contributed by atoms with Crippen LogP contribution in [0.4, 0.5) is 5.69 Å².